The van der Waals surface area contributed by atoms with E-state index >= 15 is 0 Å². The zero-order valence-electron chi connectivity index (χ0n) is 8.25. The summed E-state index contributed by atoms with van der Waals surface area (Å²) in [4.78, 5) is 4.32. The molecule has 0 radical (unpaired) electrons. The quantitative estimate of drug-likeness (QED) is 0.752. The Balaban J connectivity index is 2.41. The molecule has 2 rings (SSSR count). The number of hydrogen-bond donors (Lipinski definition) is 1. The third-order valence-corrected chi connectivity index (χ3v) is 2.62. The standard InChI is InChI=1S/C11H16N2/c1-7(2)11-10(12)9(5-6-13-11)8-3-4-8/h5-8H,3-4,12H2,1-2H3. The second kappa shape index (κ2) is 3.02. The molecule has 1 aliphatic carbocycles. The average Bonchev–Trinajstić information content (AvgIpc) is 2.87. The van der Waals surface area contributed by atoms with Crippen molar-refractivity contribution in [1.82, 2.24) is 4.98 Å². The minimum absolute atomic E-state index is 0.429. The topological polar surface area (TPSA) is 38.9 Å². The van der Waals surface area contributed by atoms with Gasteiger partial charge in [0.05, 0.1) is 11.4 Å². The Morgan fingerprint density at radius 3 is 2.69 bits per heavy atom. The van der Waals surface area contributed by atoms with Crippen molar-refractivity contribution < 1.29 is 0 Å². The second-order valence-corrected chi connectivity index (χ2v) is 4.13. The molecule has 70 valence electrons. The van der Waals surface area contributed by atoms with Crippen LogP contribution in [0.1, 0.15) is 49.8 Å². The fraction of sp³-hybridized carbons (Fsp3) is 0.545. The molecular weight excluding hydrogens is 160 g/mol. The molecule has 0 atom stereocenters. The maximum atomic E-state index is 6.06. The van der Waals surface area contributed by atoms with E-state index in [0.29, 0.717) is 5.92 Å². The molecule has 0 amide bonds. The van der Waals surface area contributed by atoms with Gasteiger partial charge in [0.25, 0.3) is 0 Å². The summed E-state index contributed by atoms with van der Waals surface area (Å²) < 4.78 is 0. The SMILES string of the molecule is CC(C)c1nccc(C2CC2)c1N. The molecule has 0 unspecified atom stereocenters. The van der Waals surface area contributed by atoms with E-state index in [1.807, 2.05) is 6.20 Å². The lowest BCUT2D eigenvalue weighted by molar-refractivity contribution is 0.822. The zero-order chi connectivity index (χ0) is 9.42. The lowest BCUT2D eigenvalue weighted by atomic mass is 10.0. The van der Waals surface area contributed by atoms with Gasteiger partial charge in [-0.25, -0.2) is 0 Å². The first-order chi connectivity index (χ1) is 6.20. The average molecular weight is 176 g/mol. The number of nitrogen functional groups attached to an aromatic ring is 1. The van der Waals surface area contributed by atoms with Crippen molar-refractivity contribution in [2.24, 2.45) is 0 Å². The van der Waals surface area contributed by atoms with E-state index < -0.39 is 0 Å². The minimum atomic E-state index is 0.429. The van der Waals surface area contributed by atoms with Gasteiger partial charge in [0, 0.05) is 6.20 Å². The van der Waals surface area contributed by atoms with Crippen LogP contribution in [0.15, 0.2) is 12.3 Å². The van der Waals surface area contributed by atoms with Crippen molar-refractivity contribution in [3.8, 4) is 0 Å². The van der Waals surface area contributed by atoms with Crippen LogP contribution in [0, 0.1) is 0 Å². The Labute approximate surface area is 79.2 Å². The highest BCUT2D eigenvalue weighted by molar-refractivity contribution is 5.54. The smallest absolute Gasteiger partial charge is 0.0660 e. The van der Waals surface area contributed by atoms with Gasteiger partial charge in [-0.1, -0.05) is 13.8 Å². The highest BCUT2D eigenvalue weighted by atomic mass is 14.7. The van der Waals surface area contributed by atoms with E-state index in [2.05, 4.69) is 24.9 Å². The predicted molar refractivity (Wildman–Crippen MR) is 54.7 cm³/mol. The number of anilines is 1. The van der Waals surface area contributed by atoms with E-state index in [1.54, 1.807) is 0 Å². The number of nitrogens with two attached hydrogens (primary N) is 1. The first kappa shape index (κ1) is 8.54. The Kier molecular flexibility index (Phi) is 1.98. The van der Waals surface area contributed by atoms with Gasteiger partial charge < -0.3 is 5.73 Å². The molecule has 0 spiro atoms. The molecule has 13 heavy (non-hydrogen) atoms. The van der Waals surface area contributed by atoms with Crippen LogP contribution in [0.25, 0.3) is 0 Å². The molecule has 0 aromatic carbocycles. The highest BCUT2D eigenvalue weighted by Crippen LogP contribution is 2.43. The lowest BCUT2D eigenvalue weighted by Gasteiger charge is -2.11. The molecule has 2 N–H and O–H groups in total. The summed E-state index contributed by atoms with van der Waals surface area (Å²) in [6.45, 7) is 4.27. The van der Waals surface area contributed by atoms with E-state index in [-0.39, 0.29) is 0 Å². The van der Waals surface area contributed by atoms with E-state index in [9.17, 15) is 0 Å². The summed E-state index contributed by atoms with van der Waals surface area (Å²) in [5, 5.41) is 0. The normalized spacial score (nSPS) is 16.5. The Hall–Kier alpha value is -1.05. The van der Waals surface area contributed by atoms with Crippen LogP contribution in [-0.4, -0.2) is 4.98 Å². The summed E-state index contributed by atoms with van der Waals surface area (Å²) in [7, 11) is 0. The summed E-state index contributed by atoms with van der Waals surface area (Å²) in [5.74, 6) is 1.15. The van der Waals surface area contributed by atoms with Gasteiger partial charge in [0.2, 0.25) is 0 Å². The molecule has 0 aliphatic heterocycles. The Bertz CT molecular complexity index is 294. The van der Waals surface area contributed by atoms with Crippen LogP contribution in [0.3, 0.4) is 0 Å². The van der Waals surface area contributed by atoms with Gasteiger partial charge in [-0.3, -0.25) is 4.98 Å². The number of aromatic nitrogens is 1. The van der Waals surface area contributed by atoms with Crippen LogP contribution in [0.2, 0.25) is 0 Å². The van der Waals surface area contributed by atoms with Crippen molar-refractivity contribution in [2.75, 3.05) is 5.73 Å². The third kappa shape index (κ3) is 1.53. The fourth-order valence-corrected chi connectivity index (χ4v) is 1.72. The number of nitrogens with zero attached hydrogens (tertiary/aromatic N) is 1. The van der Waals surface area contributed by atoms with Crippen molar-refractivity contribution in [3.05, 3.63) is 23.5 Å². The maximum Gasteiger partial charge on any atom is 0.0660 e. The van der Waals surface area contributed by atoms with Crippen molar-refractivity contribution in [2.45, 2.75) is 38.5 Å². The van der Waals surface area contributed by atoms with Crippen LogP contribution in [0.4, 0.5) is 5.69 Å². The van der Waals surface area contributed by atoms with Crippen LogP contribution < -0.4 is 5.73 Å². The van der Waals surface area contributed by atoms with Crippen LogP contribution >= 0.6 is 0 Å². The van der Waals surface area contributed by atoms with Gasteiger partial charge in [-0.15, -0.1) is 0 Å². The van der Waals surface area contributed by atoms with Crippen LogP contribution in [0.5, 0.6) is 0 Å². The van der Waals surface area contributed by atoms with Gasteiger partial charge in [-0.05, 0) is 36.3 Å². The fourth-order valence-electron chi connectivity index (χ4n) is 1.72. The highest BCUT2D eigenvalue weighted by Gasteiger charge is 2.26. The van der Waals surface area contributed by atoms with Gasteiger partial charge in [0.15, 0.2) is 0 Å². The minimum Gasteiger partial charge on any atom is -0.397 e. The van der Waals surface area contributed by atoms with E-state index in [1.165, 1.54) is 18.4 Å². The number of pyridine rings is 1. The molecule has 2 heteroatoms. The summed E-state index contributed by atoms with van der Waals surface area (Å²) >= 11 is 0. The number of hydrogen-bond acceptors (Lipinski definition) is 2. The molecule has 1 aromatic heterocycles. The molecule has 1 heterocycles. The molecule has 0 saturated heterocycles. The summed E-state index contributed by atoms with van der Waals surface area (Å²) in [6, 6.07) is 2.07. The van der Waals surface area contributed by atoms with Crippen molar-refractivity contribution in [1.29, 1.82) is 0 Å². The molecule has 1 aromatic rings. The first-order valence-corrected chi connectivity index (χ1v) is 4.94. The molecular formula is C11H16N2. The van der Waals surface area contributed by atoms with Gasteiger partial charge >= 0.3 is 0 Å². The Morgan fingerprint density at radius 2 is 2.15 bits per heavy atom. The zero-order valence-corrected chi connectivity index (χ0v) is 8.25. The molecule has 1 fully saturated rings. The Morgan fingerprint density at radius 1 is 1.46 bits per heavy atom. The van der Waals surface area contributed by atoms with E-state index in [4.69, 9.17) is 5.73 Å². The molecule has 1 saturated carbocycles. The second-order valence-electron chi connectivity index (χ2n) is 4.13. The van der Waals surface area contributed by atoms with Gasteiger partial charge in [-0.2, -0.15) is 0 Å². The molecule has 0 bridgehead atoms. The first-order valence-electron chi connectivity index (χ1n) is 4.94. The lowest BCUT2D eigenvalue weighted by Crippen LogP contribution is -2.03. The summed E-state index contributed by atoms with van der Waals surface area (Å²) in [6.07, 6.45) is 4.48. The largest absolute Gasteiger partial charge is 0.397 e. The van der Waals surface area contributed by atoms with Crippen molar-refractivity contribution in [3.63, 3.8) is 0 Å². The maximum absolute atomic E-state index is 6.06. The molecule has 2 nitrogen and oxygen atoms in total. The van der Waals surface area contributed by atoms with E-state index in [0.717, 1.165) is 17.3 Å². The predicted octanol–water partition coefficient (Wildman–Crippen LogP) is 2.66. The summed E-state index contributed by atoms with van der Waals surface area (Å²) in [5.41, 5.74) is 9.37. The monoisotopic (exact) mass is 176 g/mol. The third-order valence-electron chi connectivity index (χ3n) is 2.62. The van der Waals surface area contributed by atoms with Crippen molar-refractivity contribution >= 4 is 5.69 Å². The number of rotatable bonds is 2. The molecule has 1 aliphatic rings. The van der Waals surface area contributed by atoms with Crippen LogP contribution in [-0.2, 0) is 0 Å². The van der Waals surface area contributed by atoms with Gasteiger partial charge in [0.1, 0.15) is 0 Å².